The number of rotatable bonds is 4. The third kappa shape index (κ3) is 33.7. The molecule has 0 aliphatic rings. The van der Waals surface area contributed by atoms with Crippen LogP contribution in [-0.4, -0.2) is 65.1 Å². The first-order valence-electron chi connectivity index (χ1n) is 9.64. The van der Waals surface area contributed by atoms with Crippen LogP contribution in [0, 0.1) is 0 Å². The van der Waals surface area contributed by atoms with Gasteiger partial charge in [0.25, 0.3) is 0 Å². The van der Waals surface area contributed by atoms with Crippen molar-refractivity contribution in [1.82, 2.24) is 0 Å². The standard InChI is InChI=1S/C10H18O5.C8H16O3.C2H7NO/c1-9(2,3)14-7(11)13-8(12)15-10(4,5)6;1-8(2,3)11-7(10)5-4-6-9;3-1-2-4/h1-6H3;9H,4-6H2,1-3H3;4H,1-3H2. The normalized spacial score (nSPS) is 11.1. The van der Waals surface area contributed by atoms with Crippen molar-refractivity contribution >= 4 is 18.3 Å². The number of carbonyl (C=O) groups is 3. The molecule has 0 aliphatic carbocycles. The molecule has 30 heavy (non-hydrogen) atoms. The van der Waals surface area contributed by atoms with Crippen LogP contribution in [0.4, 0.5) is 9.59 Å². The van der Waals surface area contributed by atoms with Gasteiger partial charge in [0.1, 0.15) is 16.8 Å². The van der Waals surface area contributed by atoms with E-state index in [4.69, 9.17) is 30.2 Å². The lowest BCUT2D eigenvalue weighted by molar-refractivity contribution is -0.155. The van der Waals surface area contributed by atoms with Gasteiger partial charge in [-0.05, 0) is 68.7 Å². The second-order valence-electron chi connectivity index (χ2n) is 8.96. The molecule has 0 fully saturated rings. The Hall–Kier alpha value is -1.91. The average molecular weight is 440 g/mol. The molecular weight excluding hydrogens is 398 g/mol. The molecule has 0 aromatic carbocycles. The summed E-state index contributed by atoms with van der Waals surface area (Å²) in [6, 6.07) is 0. The summed E-state index contributed by atoms with van der Waals surface area (Å²) in [4.78, 5) is 32.9. The zero-order chi connectivity index (χ0) is 24.6. The van der Waals surface area contributed by atoms with Crippen molar-refractivity contribution in [2.24, 2.45) is 5.73 Å². The summed E-state index contributed by atoms with van der Waals surface area (Å²) >= 11 is 0. The Morgan fingerprint density at radius 3 is 1.27 bits per heavy atom. The number of nitrogens with two attached hydrogens (primary N) is 1. The van der Waals surface area contributed by atoms with Crippen LogP contribution in [0.5, 0.6) is 0 Å². The van der Waals surface area contributed by atoms with Crippen molar-refractivity contribution in [3.05, 3.63) is 0 Å². The highest BCUT2D eigenvalue weighted by Gasteiger charge is 2.24. The van der Waals surface area contributed by atoms with Crippen LogP contribution in [-0.2, 0) is 23.7 Å². The third-order valence-corrected chi connectivity index (χ3v) is 2.03. The highest BCUT2D eigenvalue weighted by molar-refractivity contribution is 5.77. The van der Waals surface area contributed by atoms with E-state index in [1.165, 1.54) is 0 Å². The predicted octanol–water partition coefficient (Wildman–Crippen LogP) is 2.91. The minimum atomic E-state index is -1.06. The smallest absolute Gasteiger partial charge is 0.460 e. The number of esters is 1. The fourth-order valence-electron chi connectivity index (χ4n) is 1.23. The molecule has 0 bridgehead atoms. The SMILES string of the molecule is CC(C)(C)OC(=O)CCCO.CC(C)(C)OC(=O)OC(=O)OC(C)(C)C.NCCO. The van der Waals surface area contributed by atoms with Crippen molar-refractivity contribution < 1.29 is 43.5 Å². The molecule has 0 saturated heterocycles. The number of aliphatic hydroxyl groups is 2. The Bertz CT molecular complexity index is 458. The first-order chi connectivity index (χ1) is 13.4. The quantitative estimate of drug-likeness (QED) is 0.338. The lowest BCUT2D eigenvalue weighted by Gasteiger charge is -2.20. The van der Waals surface area contributed by atoms with Gasteiger partial charge >= 0.3 is 18.3 Å². The van der Waals surface area contributed by atoms with E-state index in [9.17, 15) is 14.4 Å². The molecule has 10 nitrogen and oxygen atoms in total. The number of hydrogen-bond acceptors (Lipinski definition) is 10. The van der Waals surface area contributed by atoms with Gasteiger partial charge in [-0.3, -0.25) is 4.79 Å². The maximum absolute atomic E-state index is 11.0. The zero-order valence-electron chi connectivity index (χ0n) is 19.9. The first-order valence-corrected chi connectivity index (χ1v) is 9.64. The van der Waals surface area contributed by atoms with E-state index in [1.807, 2.05) is 20.8 Å². The summed E-state index contributed by atoms with van der Waals surface area (Å²) in [5.41, 5.74) is 2.98. The van der Waals surface area contributed by atoms with Crippen molar-refractivity contribution in [2.45, 2.75) is 92.0 Å². The molecule has 10 heteroatoms. The summed E-state index contributed by atoms with van der Waals surface area (Å²) in [5, 5.41) is 16.2. The van der Waals surface area contributed by atoms with Gasteiger partial charge in [-0.25, -0.2) is 9.59 Å². The molecule has 0 unspecified atom stereocenters. The molecule has 4 N–H and O–H groups in total. The van der Waals surface area contributed by atoms with Crippen LogP contribution in [0.2, 0.25) is 0 Å². The Morgan fingerprint density at radius 2 is 1.03 bits per heavy atom. The molecule has 0 saturated carbocycles. The van der Waals surface area contributed by atoms with E-state index < -0.39 is 29.1 Å². The summed E-state index contributed by atoms with van der Waals surface area (Å²) < 4.78 is 18.8. The summed E-state index contributed by atoms with van der Waals surface area (Å²) in [7, 11) is 0. The van der Waals surface area contributed by atoms with Crippen LogP contribution >= 0.6 is 0 Å². The Balaban J connectivity index is -0.000000425. The topological polar surface area (TPSA) is 155 Å². The fourth-order valence-corrected chi connectivity index (χ4v) is 1.23. The van der Waals surface area contributed by atoms with Crippen molar-refractivity contribution in [2.75, 3.05) is 19.8 Å². The Kier molecular flexibility index (Phi) is 17.3. The molecule has 0 heterocycles. The van der Waals surface area contributed by atoms with E-state index in [0.717, 1.165) is 0 Å². The van der Waals surface area contributed by atoms with E-state index in [0.29, 0.717) is 19.4 Å². The lowest BCUT2D eigenvalue weighted by atomic mass is 10.2. The van der Waals surface area contributed by atoms with Crippen LogP contribution in [0.25, 0.3) is 0 Å². The molecular formula is C20H41NO9. The first kappa shape index (κ1) is 32.7. The Labute approximate surface area is 180 Å². The van der Waals surface area contributed by atoms with Crippen LogP contribution in [0.3, 0.4) is 0 Å². The third-order valence-electron chi connectivity index (χ3n) is 2.03. The summed E-state index contributed by atoms with van der Waals surface area (Å²) in [5.74, 6) is -0.244. The maximum Gasteiger partial charge on any atom is 0.519 e. The van der Waals surface area contributed by atoms with E-state index in [2.05, 4.69) is 4.74 Å². The highest BCUT2D eigenvalue weighted by atomic mass is 16.8. The molecule has 0 radical (unpaired) electrons. The number of hydrogen-bond donors (Lipinski definition) is 3. The molecule has 180 valence electrons. The molecule has 0 atom stereocenters. The lowest BCUT2D eigenvalue weighted by Crippen LogP contribution is -2.29. The number of aliphatic hydroxyl groups excluding tert-OH is 2. The molecule has 0 amide bonds. The van der Waals surface area contributed by atoms with E-state index in [-0.39, 0.29) is 19.2 Å². The van der Waals surface area contributed by atoms with Gasteiger partial charge in [-0.2, -0.15) is 0 Å². The summed E-state index contributed by atoms with van der Waals surface area (Å²) in [6.07, 6.45) is -1.34. The maximum atomic E-state index is 11.0. The molecule has 0 aliphatic heterocycles. The van der Waals surface area contributed by atoms with E-state index in [1.54, 1.807) is 41.5 Å². The molecule has 0 rings (SSSR count). The fraction of sp³-hybridized carbons (Fsp3) is 0.850. The average Bonchev–Trinajstić information content (AvgIpc) is 2.48. The van der Waals surface area contributed by atoms with E-state index >= 15 is 0 Å². The number of carbonyl (C=O) groups excluding carboxylic acids is 3. The zero-order valence-corrected chi connectivity index (χ0v) is 19.9. The van der Waals surface area contributed by atoms with Crippen molar-refractivity contribution in [3.8, 4) is 0 Å². The second kappa shape index (κ2) is 15.9. The molecule has 0 aromatic heterocycles. The van der Waals surface area contributed by atoms with Gasteiger partial charge in [-0.1, -0.05) is 0 Å². The monoisotopic (exact) mass is 439 g/mol. The number of ether oxygens (including phenoxy) is 4. The van der Waals surface area contributed by atoms with Crippen molar-refractivity contribution in [1.29, 1.82) is 0 Å². The van der Waals surface area contributed by atoms with Gasteiger partial charge in [0.15, 0.2) is 0 Å². The van der Waals surface area contributed by atoms with Gasteiger partial charge in [0.2, 0.25) is 0 Å². The van der Waals surface area contributed by atoms with Crippen LogP contribution in [0.1, 0.15) is 75.2 Å². The Morgan fingerprint density at radius 1 is 0.700 bits per heavy atom. The van der Waals surface area contributed by atoms with Gasteiger partial charge < -0.3 is 34.9 Å². The molecule has 0 aromatic rings. The van der Waals surface area contributed by atoms with Gasteiger partial charge in [-0.15, -0.1) is 0 Å². The minimum absolute atomic E-state index is 0.0409. The predicted molar refractivity (Wildman–Crippen MR) is 112 cm³/mol. The second-order valence-corrected chi connectivity index (χ2v) is 8.96. The van der Waals surface area contributed by atoms with Gasteiger partial charge in [0.05, 0.1) is 6.61 Å². The van der Waals surface area contributed by atoms with Crippen LogP contribution in [0.15, 0.2) is 0 Å². The van der Waals surface area contributed by atoms with Crippen LogP contribution < -0.4 is 5.73 Å². The minimum Gasteiger partial charge on any atom is -0.460 e. The van der Waals surface area contributed by atoms with Gasteiger partial charge in [0, 0.05) is 19.6 Å². The molecule has 0 spiro atoms. The largest absolute Gasteiger partial charge is 0.519 e. The summed E-state index contributed by atoms with van der Waals surface area (Å²) in [6.45, 7) is 16.0. The highest BCUT2D eigenvalue weighted by Crippen LogP contribution is 2.11. The van der Waals surface area contributed by atoms with Crippen molar-refractivity contribution in [3.63, 3.8) is 0 Å².